The molecule has 0 heterocycles. The van der Waals surface area contributed by atoms with Crippen LogP contribution in [0.1, 0.15) is 62.7 Å². The number of rotatable bonds is 9. The second kappa shape index (κ2) is 8.57. The number of unbranched alkanes of at least 4 members (excludes halogenated alkanes) is 5. The molecule has 0 unspecified atom stereocenters. The van der Waals surface area contributed by atoms with E-state index in [1.165, 1.54) is 38.7 Å². The molecule has 1 N–H and O–H groups in total. The average molecular weight is 264 g/mol. The van der Waals surface area contributed by atoms with Crippen LogP contribution in [-0.2, 0) is 0 Å². The monoisotopic (exact) mass is 264 g/mol. The van der Waals surface area contributed by atoms with Gasteiger partial charge in [0.1, 0.15) is 17.1 Å². The predicted octanol–water partition coefficient (Wildman–Crippen LogP) is 4.33. The lowest BCUT2D eigenvalue weighted by atomic mass is 10.1. The quantitative estimate of drug-likeness (QED) is 0.533. The number of hydrogen-bond acceptors (Lipinski definition) is 3. The molecule has 3 nitrogen and oxygen atoms in total. The fourth-order valence-corrected chi connectivity index (χ4v) is 2.06. The van der Waals surface area contributed by atoms with Crippen molar-refractivity contribution in [1.82, 2.24) is 0 Å². The Labute approximate surface area is 115 Å². The molecule has 0 saturated carbocycles. The highest BCUT2D eigenvalue weighted by Crippen LogP contribution is 2.28. The van der Waals surface area contributed by atoms with Crippen LogP contribution in [0.15, 0.2) is 18.2 Å². The first-order valence-electron chi connectivity index (χ1n) is 7.12. The summed E-state index contributed by atoms with van der Waals surface area (Å²) < 4.78 is 5.60. The topological polar surface area (TPSA) is 46.5 Å². The van der Waals surface area contributed by atoms with Crippen molar-refractivity contribution in [3.05, 3.63) is 23.8 Å². The van der Waals surface area contributed by atoms with Gasteiger partial charge in [0.2, 0.25) is 0 Å². The van der Waals surface area contributed by atoms with Gasteiger partial charge in [-0.1, -0.05) is 45.1 Å². The van der Waals surface area contributed by atoms with Gasteiger partial charge in [-0.3, -0.25) is 4.79 Å². The summed E-state index contributed by atoms with van der Waals surface area (Å²) in [5.41, 5.74) is 0.286. The Morgan fingerprint density at radius 2 is 1.84 bits per heavy atom. The standard InChI is InChI=1S/C16H24O3/c1-3-4-5-6-7-8-12-19-15-11-9-10-14(18)16(15)13(2)17/h9-11,18H,3-8,12H2,1-2H3. The maximum absolute atomic E-state index is 11.5. The van der Waals surface area contributed by atoms with Crippen LogP contribution in [0.25, 0.3) is 0 Å². The summed E-state index contributed by atoms with van der Waals surface area (Å²) in [6.07, 6.45) is 7.19. The van der Waals surface area contributed by atoms with Gasteiger partial charge in [0.15, 0.2) is 5.78 Å². The van der Waals surface area contributed by atoms with Crippen molar-refractivity contribution in [1.29, 1.82) is 0 Å². The summed E-state index contributed by atoms with van der Waals surface area (Å²) in [5.74, 6) is 0.310. The molecule has 106 valence electrons. The summed E-state index contributed by atoms with van der Waals surface area (Å²) >= 11 is 0. The number of Topliss-reactive ketones (excluding diaryl/α,β-unsaturated/α-hetero) is 1. The first kappa shape index (κ1) is 15.5. The SMILES string of the molecule is CCCCCCCCOc1cccc(O)c1C(C)=O. The van der Waals surface area contributed by atoms with Crippen molar-refractivity contribution in [2.45, 2.75) is 52.4 Å². The molecule has 0 aliphatic rings. The molecule has 0 spiro atoms. The zero-order valence-electron chi connectivity index (χ0n) is 11.9. The summed E-state index contributed by atoms with van der Waals surface area (Å²) in [6.45, 7) is 4.23. The van der Waals surface area contributed by atoms with E-state index >= 15 is 0 Å². The van der Waals surface area contributed by atoms with E-state index in [0.717, 1.165) is 12.8 Å². The Morgan fingerprint density at radius 3 is 2.53 bits per heavy atom. The van der Waals surface area contributed by atoms with E-state index in [2.05, 4.69) is 6.92 Å². The van der Waals surface area contributed by atoms with Crippen LogP contribution in [0.3, 0.4) is 0 Å². The van der Waals surface area contributed by atoms with E-state index in [1.807, 2.05) is 0 Å². The molecule has 0 fully saturated rings. The summed E-state index contributed by atoms with van der Waals surface area (Å²) in [4.78, 5) is 11.5. The smallest absolute Gasteiger partial charge is 0.167 e. The van der Waals surface area contributed by atoms with E-state index in [0.29, 0.717) is 12.4 Å². The van der Waals surface area contributed by atoms with Crippen LogP contribution in [0.2, 0.25) is 0 Å². The summed E-state index contributed by atoms with van der Waals surface area (Å²) in [5, 5.41) is 9.66. The van der Waals surface area contributed by atoms with Crippen LogP contribution in [0.5, 0.6) is 11.5 Å². The predicted molar refractivity (Wildman–Crippen MR) is 77.0 cm³/mol. The van der Waals surface area contributed by atoms with Gasteiger partial charge in [-0.25, -0.2) is 0 Å². The highest BCUT2D eigenvalue weighted by atomic mass is 16.5. The van der Waals surface area contributed by atoms with Gasteiger partial charge in [-0.2, -0.15) is 0 Å². The Hall–Kier alpha value is -1.51. The number of ketones is 1. The average Bonchev–Trinajstić information content (AvgIpc) is 2.37. The third-order valence-corrected chi connectivity index (χ3v) is 3.11. The van der Waals surface area contributed by atoms with Gasteiger partial charge in [0, 0.05) is 0 Å². The van der Waals surface area contributed by atoms with Crippen molar-refractivity contribution in [2.24, 2.45) is 0 Å². The lowest BCUT2D eigenvalue weighted by Gasteiger charge is -2.10. The van der Waals surface area contributed by atoms with E-state index in [-0.39, 0.29) is 17.1 Å². The highest BCUT2D eigenvalue weighted by Gasteiger charge is 2.13. The molecule has 1 aromatic carbocycles. The number of phenolic OH excluding ortho intramolecular Hbond substituents is 1. The number of aromatic hydroxyl groups is 1. The molecule has 0 aliphatic heterocycles. The van der Waals surface area contributed by atoms with Gasteiger partial charge < -0.3 is 9.84 Å². The van der Waals surface area contributed by atoms with Crippen LogP contribution in [0, 0.1) is 0 Å². The maximum Gasteiger partial charge on any atom is 0.167 e. The van der Waals surface area contributed by atoms with E-state index < -0.39 is 0 Å². The molecule has 0 amide bonds. The first-order valence-corrected chi connectivity index (χ1v) is 7.12. The van der Waals surface area contributed by atoms with Crippen molar-refractivity contribution in [3.8, 4) is 11.5 Å². The normalized spacial score (nSPS) is 10.4. The number of phenols is 1. The maximum atomic E-state index is 11.5. The lowest BCUT2D eigenvalue weighted by molar-refractivity contribution is 0.101. The molecule has 0 bridgehead atoms. The second-order valence-corrected chi connectivity index (χ2v) is 4.82. The molecular formula is C16H24O3. The second-order valence-electron chi connectivity index (χ2n) is 4.82. The van der Waals surface area contributed by atoms with Crippen molar-refractivity contribution >= 4 is 5.78 Å². The molecule has 0 aromatic heterocycles. The Bertz CT molecular complexity index is 399. The van der Waals surface area contributed by atoms with Crippen molar-refractivity contribution < 1.29 is 14.6 Å². The summed E-state index contributed by atoms with van der Waals surface area (Å²) in [7, 11) is 0. The molecule has 0 atom stereocenters. The lowest BCUT2D eigenvalue weighted by Crippen LogP contribution is -2.03. The molecule has 0 radical (unpaired) electrons. The van der Waals surface area contributed by atoms with E-state index in [1.54, 1.807) is 12.1 Å². The molecule has 0 saturated heterocycles. The Balaban J connectivity index is 2.37. The molecule has 1 aromatic rings. The first-order chi connectivity index (χ1) is 9.16. The van der Waals surface area contributed by atoms with Gasteiger partial charge in [0.05, 0.1) is 6.61 Å². The minimum Gasteiger partial charge on any atom is -0.507 e. The molecule has 19 heavy (non-hydrogen) atoms. The fourth-order valence-electron chi connectivity index (χ4n) is 2.06. The van der Waals surface area contributed by atoms with E-state index in [9.17, 15) is 9.90 Å². The van der Waals surface area contributed by atoms with E-state index in [4.69, 9.17) is 4.74 Å². The Kier molecular flexibility index (Phi) is 7.01. The highest BCUT2D eigenvalue weighted by molar-refractivity contribution is 5.99. The van der Waals surface area contributed by atoms with Crippen LogP contribution < -0.4 is 4.74 Å². The minimum absolute atomic E-state index is 0.00653. The zero-order chi connectivity index (χ0) is 14.1. The minimum atomic E-state index is -0.170. The number of hydrogen-bond donors (Lipinski definition) is 1. The van der Waals surface area contributed by atoms with Crippen LogP contribution in [0.4, 0.5) is 0 Å². The van der Waals surface area contributed by atoms with Gasteiger partial charge in [-0.15, -0.1) is 0 Å². The fraction of sp³-hybridized carbons (Fsp3) is 0.562. The zero-order valence-corrected chi connectivity index (χ0v) is 11.9. The largest absolute Gasteiger partial charge is 0.507 e. The molecular weight excluding hydrogens is 240 g/mol. The van der Waals surface area contributed by atoms with Crippen molar-refractivity contribution in [3.63, 3.8) is 0 Å². The number of benzene rings is 1. The third kappa shape index (κ3) is 5.33. The molecule has 0 aliphatic carbocycles. The number of ether oxygens (including phenoxy) is 1. The van der Waals surface area contributed by atoms with Gasteiger partial charge >= 0.3 is 0 Å². The number of carbonyl (C=O) groups excluding carboxylic acids is 1. The van der Waals surface area contributed by atoms with Gasteiger partial charge in [0.25, 0.3) is 0 Å². The summed E-state index contributed by atoms with van der Waals surface area (Å²) in [6, 6.07) is 4.93. The third-order valence-electron chi connectivity index (χ3n) is 3.11. The van der Waals surface area contributed by atoms with Crippen LogP contribution in [-0.4, -0.2) is 17.5 Å². The number of carbonyl (C=O) groups is 1. The molecule has 3 heteroatoms. The Morgan fingerprint density at radius 1 is 1.16 bits per heavy atom. The van der Waals surface area contributed by atoms with Gasteiger partial charge in [-0.05, 0) is 25.5 Å². The van der Waals surface area contributed by atoms with Crippen LogP contribution >= 0.6 is 0 Å². The van der Waals surface area contributed by atoms with Crippen molar-refractivity contribution in [2.75, 3.05) is 6.61 Å². The molecule has 1 rings (SSSR count).